The molecular weight excluding hydrogens is 240 g/mol. The molecule has 0 radical (unpaired) electrons. The molecule has 0 bridgehead atoms. The maximum atomic E-state index is 11.6. The highest BCUT2D eigenvalue weighted by Gasteiger charge is 2.47. The summed E-state index contributed by atoms with van der Waals surface area (Å²) in [6.07, 6.45) is 9.22. The maximum absolute atomic E-state index is 11.6. The summed E-state index contributed by atoms with van der Waals surface area (Å²) in [5.41, 5.74) is -0.661. The number of hydrogen-bond acceptors (Lipinski definition) is 3. The van der Waals surface area contributed by atoms with Crippen molar-refractivity contribution >= 4 is 5.97 Å². The number of nitrogens with one attached hydrogen (secondary N) is 1. The minimum Gasteiger partial charge on any atom is -0.480 e. The van der Waals surface area contributed by atoms with E-state index in [1.54, 1.807) is 7.05 Å². The van der Waals surface area contributed by atoms with Crippen molar-refractivity contribution in [3.05, 3.63) is 0 Å². The van der Waals surface area contributed by atoms with Gasteiger partial charge in [0.1, 0.15) is 5.54 Å². The first-order chi connectivity index (χ1) is 9.19. The van der Waals surface area contributed by atoms with E-state index in [-0.39, 0.29) is 0 Å². The molecule has 4 heteroatoms. The van der Waals surface area contributed by atoms with Crippen molar-refractivity contribution in [3.8, 4) is 0 Å². The van der Waals surface area contributed by atoms with Crippen LogP contribution >= 0.6 is 0 Å². The van der Waals surface area contributed by atoms with Crippen molar-refractivity contribution in [1.82, 2.24) is 10.2 Å². The van der Waals surface area contributed by atoms with Gasteiger partial charge in [-0.1, -0.05) is 19.3 Å². The average molecular weight is 268 g/mol. The van der Waals surface area contributed by atoms with Gasteiger partial charge in [0, 0.05) is 0 Å². The summed E-state index contributed by atoms with van der Waals surface area (Å²) in [5, 5.41) is 12.6. The molecule has 0 spiro atoms. The van der Waals surface area contributed by atoms with Gasteiger partial charge in [-0.2, -0.15) is 0 Å². The second kappa shape index (κ2) is 6.71. The number of carboxylic acids is 1. The zero-order valence-corrected chi connectivity index (χ0v) is 12.2. The van der Waals surface area contributed by atoms with E-state index in [0.717, 1.165) is 32.2 Å². The molecule has 1 aliphatic carbocycles. The average Bonchev–Trinajstić information content (AvgIpc) is 2.65. The highest BCUT2D eigenvalue weighted by molar-refractivity contribution is 5.79. The highest BCUT2D eigenvalue weighted by Crippen LogP contribution is 2.38. The number of hydrogen-bond donors (Lipinski definition) is 2. The Morgan fingerprint density at radius 3 is 2.53 bits per heavy atom. The van der Waals surface area contributed by atoms with E-state index in [9.17, 15) is 9.90 Å². The first kappa shape index (κ1) is 14.8. The van der Waals surface area contributed by atoms with Crippen LogP contribution in [0.2, 0.25) is 0 Å². The summed E-state index contributed by atoms with van der Waals surface area (Å²) in [6.45, 7) is 3.47. The third kappa shape index (κ3) is 3.29. The van der Waals surface area contributed by atoms with Crippen LogP contribution in [0.5, 0.6) is 0 Å². The molecule has 4 nitrogen and oxygen atoms in total. The standard InChI is InChI=1S/C15H28N2O2/c1-16-15(14(18)19)9-6-7-13(15)8-12-17-10-4-2-3-5-11-17/h13,16H,2-12H2,1H3,(H,18,19). The predicted molar refractivity (Wildman–Crippen MR) is 76.3 cm³/mol. The first-order valence-electron chi connectivity index (χ1n) is 7.84. The zero-order valence-electron chi connectivity index (χ0n) is 12.2. The quantitative estimate of drug-likeness (QED) is 0.802. The molecule has 1 aliphatic heterocycles. The summed E-state index contributed by atoms with van der Waals surface area (Å²) in [4.78, 5) is 14.1. The minimum atomic E-state index is -0.661. The van der Waals surface area contributed by atoms with Crippen molar-refractivity contribution in [2.45, 2.75) is 56.9 Å². The Morgan fingerprint density at radius 2 is 1.95 bits per heavy atom. The van der Waals surface area contributed by atoms with E-state index in [4.69, 9.17) is 0 Å². The van der Waals surface area contributed by atoms with Gasteiger partial charge in [0.25, 0.3) is 0 Å². The van der Waals surface area contributed by atoms with Gasteiger partial charge in [-0.3, -0.25) is 4.79 Å². The molecular formula is C15H28N2O2. The molecule has 1 heterocycles. The van der Waals surface area contributed by atoms with Crippen molar-refractivity contribution in [3.63, 3.8) is 0 Å². The van der Waals surface area contributed by atoms with Crippen LogP contribution in [0.15, 0.2) is 0 Å². The van der Waals surface area contributed by atoms with Crippen molar-refractivity contribution in [1.29, 1.82) is 0 Å². The monoisotopic (exact) mass is 268 g/mol. The van der Waals surface area contributed by atoms with Gasteiger partial charge in [0.05, 0.1) is 0 Å². The van der Waals surface area contributed by atoms with Crippen LogP contribution in [0, 0.1) is 5.92 Å². The maximum Gasteiger partial charge on any atom is 0.324 e. The number of likely N-dealkylation sites (N-methyl/N-ethyl adjacent to an activating group) is 1. The van der Waals surface area contributed by atoms with Crippen LogP contribution < -0.4 is 5.32 Å². The molecule has 110 valence electrons. The van der Waals surface area contributed by atoms with Crippen LogP contribution in [0.1, 0.15) is 51.4 Å². The number of aliphatic carboxylic acids is 1. The van der Waals surface area contributed by atoms with Gasteiger partial charge in [0.2, 0.25) is 0 Å². The van der Waals surface area contributed by atoms with Crippen LogP contribution in [-0.4, -0.2) is 48.2 Å². The number of carbonyl (C=O) groups is 1. The number of likely N-dealkylation sites (tertiary alicyclic amines) is 1. The molecule has 2 unspecified atom stereocenters. The lowest BCUT2D eigenvalue weighted by molar-refractivity contribution is -0.146. The Morgan fingerprint density at radius 1 is 1.26 bits per heavy atom. The Balaban J connectivity index is 1.88. The third-order valence-electron chi connectivity index (χ3n) is 5.14. The SMILES string of the molecule is CNC1(C(=O)O)CCCC1CCN1CCCCCC1. The molecule has 2 fully saturated rings. The molecule has 1 saturated carbocycles. The summed E-state index contributed by atoms with van der Waals surface area (Å²) in [6, 6.07) is 0. The fraction of sp³-hybridized carbons (Fsp3) is 0.933. The van der Waals surface area contributed by atoms with E-state index in [2.05, 4.69) is 10.2 Å². The van der Waals surface area contributed by atoms with Gasteiger partial charge in [-0.05, 0) is 64.7 Å². The van der Waals surface area contributed by atoms with Gasteiger partial charge >= 0.3 is 5.97 Å². The summed E-state index contributed by atoms with van der Waals surface area (Å²) >= 11 is 0. The molecule has 2 atom stereocenters. The Labute approximate surface area is 116 Å². The highest BCUT2D eigenvalue weighted by atomic mass is 16.4. The van der Waals surface area contributed by atoms with E-state index in [1.165, 1.54) is 38.8 Å². The molecule has 0 amide bonds. The van der Waals surface area contributed by atoms with Crippen molar-refractivity contribution < 1.29 is 9.90 Å². The van der Waals surface area contributed by atoms with Gasteiger partial charge in [0.15, 0.2) is 0 Å². The predicted octanol–water partition coefficient (Wildman–Crippen LogP) is 2.10. The first-order valence-corrected chi connectivity index (χ1v) is 7.84. The Kier molecular flexibility index (Phi) is 5.22. The zero-order chi connectivity index (χ0) is 13.7. The molecule has 1 saturated heterocycles. The normalized spacial score (nSPS) is 33.2. The van der Waals surface area contributed by atoms with Gasteiger partial charge in [-0.15, -0.1) is 0 Å². The molecule has 0 aromatic heterocycles. The summed E-state index contributed by atoms with van der Waals surface area (Å²) < 4.78 is 0. The van der Waals surface area contributed by atoms with Crippen molar-refractivity contribution in [2.24, 2.45) is 5.92 Å². The van der Waals surface area contributed by atoms with Gasteiger partial charge in [-0.25, -0.2) is 0 Å². The summed E-state index contributed by atoms with van der Waals surface area (Å²) in [7, 11) is 1.80. The second-order valence-electron chi connectivity index (χ2n) is 6.16. The minimum absolute atomic E-state index is 0.290. The van der Waals surface area contributed by atoms with E-state index in [1.807, 2.05) is 0 Å². The van der Waals surface area contributed by atoms with Crippen LogP contribution in [0.4, 0.5) is 0 Å². The molecule has 2 rings (SSSR count). The van der Waals surface area contributed by atoms with Crippen LogP contribution in [0.25, 0.3) is 0 Å². The number of carboxylic acid groups (broad SMARTS) is 1. The Hall–Kier alpha value is -0.610. The largest absolute Gasteiger partial charge is 0.480 e. The fourth-order valence-electron chi connectivity index (χ4n) is 3.88. The fourth-order valence-corrected chi connectivity index (χ4v) is 3.88. The molecule has 19 heavy (non-hydrogen) atoms. The van der Waals surface area contributed by atoms with Crippen LogP contribution in [-0.2, 0) is 4.79 Å². The third-order valence-corrected chi connectivity index (χ3v) is 5.14. The van der Waals surface area contributed by atoms with E-state index < -0.39 is 11.5 Å². The molecule has 2 aliphatic rings. The summed E-state index contributed by atoms with van der Waals surface area (Å²) in [5.74, 6) is -0.369. The van der Waals surface area contributed by atoms with E-state index >= 15 is 0 Å². The molecule has 0 aromatic rings. The van der Waals surface area contributed by atoms with Crippen LogP contribution in [0.3, 0.4) is 0 Å². The lowest BCUT2D eigenvalue weighted by Crippen LogP contribution is -2.53. The topological polar surface area (TPSA) is 52.6 Å². The lowest BCUT2D eigenvalue weighted by Gasteiger charge is -2.32. The number of rotatable bonds is 5. The van der Waals surface area contributed by atoms with E-state index in [0.29, 0.717) is 5.92 Å². The van der Waals surface area contributed by atoms with Gasteiger partial charge < -0.3 is 15.3 Å². The lowest BCUT2D eigenvalue weighted by atomic mass is 9.84. The smallest absolute Gasteiger partial charge is 0.324 e. The molecule has 0 aromatic carbocycles. The second-order valence-corrected chi connectivity index (χ2v) is 6.16. The number of nitrogens with zero attached hydrogens (tertiary/aromatic N) is 1. The Bertz CT molecular complexity index is 301. The molecule has 2 N–H and O–H groups in total. The van der Waals surface area contributed by atoms with Crippen molar-refractivity contribution in [2.75, 3.05) is 26.7 Å².